The lowest BCUT2D eigenvalue weighted by atomic mass is 9.88. The summed E-state index contributed by atoms with van der Waals surface area (Å²) in [7, 11) is -4.22. The predicted molar refractivity (Wildman–Crippen MR) is 119 cm³/mol. The molecule has 31 heavy (non-hydrogen) atoms. The molecule has 1 amide bonds. The standard InChI is InChI=1S/C18H29N6O5PS/c1-12(29-11-30(26,27)28)8-24-10-23-15-16(21-9-22-17(15)24)19-6-7-20-18(25)13-2-4-14(31)5-3-13/h9-10,12-14,31H,2-8,11H2,1H3,(H,20,25)(H,19,21,22)(H2,26,27,28). The number of thiol groups is 1. The molecule has 11 nitrogen and oxygen atoms in total. The van der Waals surface area contributed by atoms with Gasteiger partial charge in [0.05, 0.1) is 19.0 Å². The van der Waals surface area contributed by atoms with Crippen LogP contribution >= 0.6 is 20.2 Å². The van der Waals surface area contributed by atoms with Gasteiger partial charge in [0.15, 0.2) is 11.5 Å². The molecule has 4 N–H and O–H groups in total. The van der Waals surface area contributed by atoms with Gasteiger partial charge in [-0.2, -0.15) is 12.6 Å². The van der Waals surface area contributed by atoms with Gasteiger partial charge in [0.2, 0.25) is 5.91 Å². The van der Waals surface area contributed by atoms with Crippen molar-refractivity contribution in [2.24, 2.45) is 5.92 Å². The van der Waals surface area contributed by atoms with Crippen LogP contribution in [0, 0.1) is 5.92 Å². The van der Waals surface area contributed by atoms with Crippen molar-refractivity contribution in [3.05, 3.63) is 12.7 Å². The Balaban J connectivity index is 1.50. The van der Waals surface area contributed by atoms with Crippen molar-refractivity contribution < 1.29 is 23.9 Å². The molecule has 0 radical (unpaired) electrons. The lowest BCUT2D eigenvalue weighted by Gasteiger charge is -2.24. The van der Waals surface area contributed by atoms with Crippen LogP contribution in [0.15, 0.2) is 12.7 Å². The lowest BCUT2D eigenvalue weighted by molar-refractivity contribution is -0.125. The van der Waals surface area contributed by atoms with Crippen LogP contribution in [-0.4, -0.2) is 66.0 Å². The van der Waals surface area contributed by atoms with Crippen LogP contribution in [-0.2, 0) is 20.6 Å². The lowest BCUT2D eigenvalue weighted by Crippen LogP contribution is -2.36. The summed E-state index contributed by atoms with van der Waals surface area (Å²) in [5.41, 5.74) is 1.15. The minimum absolute atomic E-state index is 0.0691. The number of carbonyl (C=O) groups excluding carboxylic acids is 1. The highest BCUT2D eigenvalue weighted by Crippen LogP contribution is 2.34. The molecule has 0 spiro atoms. The summed E-state index contributed by atoms with van der Waals surface area (Å²) >= 11 is 4.47. The highest BCUT2D eigenvalue weighted by Gasteiger charge is 2.24. The van der Waals surface area contributed by atoms with E-state index in [9.17, 15) is 9.36 Å². The molecule has 1 atom stereocenters. The summed E-state index contributed by atoms with van der Waals surface area (Å²) in [6, 6.07) is 0. The zero-order valence-corrected chi connectivity index (χ0v) is 19.1. The van der Waals surface area contributed by atoms with Gasteiger partial charge in [-0.25, -0.2) is 15.0 Å². The molecule has 0 saturated heterocycles. The largest absolute Gasteiger partial charge is 0.366 e. The second-order valence-corrected chi connectivity index (χ2v) is 10.1. The fourth-order valence-corrected chi connectivity index (χ4v) is 4.29. The molecule has 1 saturated carbocycles. The molecule has 2 aromatic rings. The Morgan fingerprint density at radius 3 is 2.74 bits per heavy atom. The predicted octanol–water partition coefficient (Wildman–Crippen LogP) is 1.38. The van der Waals surface area contributed by atoms with Crippen molar-refractivity contribution in [3.8, 4) is 0 Å². The van der Waals surface area contributed by atoms with Crippen LogP contribution in [0.5, 0.6) is 0 Å². The van der Waals surface area contributed by atoms with Crippen molar-refractivity contribution in [1.29, 1.82) is 0 Å². The van der Waals surface area contributed by atoms with E-state index in [0.717, 1.165) is 25.7 Å². The Morgan fingerprint density at radius 1 is 1.29 bits per heavy atom. The monoisotopic (exact) mass is 472 g/mol. The van der Waals surface area contributed by atoms with E-state index in [1.54, 1.807) is 17.8 Å². The maximum atomic E-state index is 12.3. The Labute approximate surface area is 186 Å². The third-order valence-corrected chi connectivity index (χ3v) is 6.17. The summed E-state index contributed by atoms with van der Waals surface area (Å²) in [5.74, 6) is 0.709. The fourth-order valence-electron chi connectivity index (χ4n) is 3.55. The van der Waals surface area contributed by atoms with E-state index in [1.807, 2.05) is 0 Å². The number of aromatic nitrogens is 4. The molecular formula is C18H29N6O5PS. The zero-order chi connectivity index (χ0) is 22.4. The van der Waals surface area contributed by atoms with Gasteiger partial charge in [-0.05, 0) is 32.6 Å². The third kappa shape index (κ3) is 7.15. The molecule has 1 aliphatic carbocycles. The van der Waals surface area contributed by atoms with E-state index < -0.39 is 20.0 Å². The van der Waals surface area contributed by atoms with E-state index in [0.29, 0.717) is 41.9 Å². The number of hydrogen-bond acceptors (Lipinski definition) is 8. The molecule has 0 aromatic carbocycles. The Kier molecular flexibility index (Phi) is 8.29. The molecule has 1 fully saturated rings. The first-order chi connectivity index (χ1) is 14.7. The Hall–Kier alpha value is -1.72. The van der Waals surface area contributed by atoms with Gasteiger partial charge in [0, 0.05) is 24.3 Å². The van der Waals surface area contributed by atoms with Gasteiger partial charge in [0.25, 0.3) is 0 Å². The molecule has 1 aliphatic rings. The molecule has 3 rings (SSSR count). The SMILES string of the molecule is CC(Cn1cnc2c(NCCNC(=O)C3CCC(S)CC3)ncnc21)OCP(=O)(O)O. The molecular weight excluding hydrogens is 443 g/mol. The number of ether oxygens (including phenoxy) is 1. The highest BCUT2D eigenvalue weighted by molar-refractivity contribution is 7.80. The minimum atomic E-state index is -4.22. The van der Waals surface area contributed by atoms with Gasteiger partial charge in [0.1, 0.15) is 18.2 Å². The Bertz CT molecular complexity index is 929. The van der Waals surface area contributed by atoms with Crippen LogP contribution in [0.25, 0.3) is 11.2 Å². The van der Waals surface area contributed by atoms with E-state index >= 15 is 0 Å². The number of nitrogens with zero attached hydrogens (tertiary/aromatic N) is 4. The summed E-state index contributed by atoms with van der Waals surface area (Å²) in [4.78, 5) is 43.0. The first-order valence-corrected chi connectivity index (χ1v) is 12.6. The highest BCUT2D eigenvalue weighted by atomic mass is 32.1. The normalized spacial score (nSPS) is 20.5. The Morgan fingerprint density at radius 2 is 2.03 bits per heavy atom. The molecule has 1 unspecified atom stereocenters. The van der Waals surface area contributed by atoms with E-state index in [2.05, 4.69) is 38.2 Å². The van der Waals surface area contributed by atoms with E-state index in [1.165, 1.54) is 6.33 Å². The van der Waals surface area contributed by atoms with Crippen molar-refractivity contribution in [1.82, 2.24) is 24.8 Å². The van der Waals surface area contributed by atoms with Crippen molar-refractivity contribution >= 4 is 43.1 Å². The summed E-state index contributed by atoms with van der Waals surface area (Å²) in [6.45, 7) is 3.01. The van der Waals surface area contributed by atoms with Gasteiger partial charge >= 0.3 is 7.60 Å². The quantitative estimate of drug-likeness (QED) is 0.196. The van der Waals surface area contributed by atoms with Gasteiger partial charge in [-0.15, -0.1) is 0 Å². The topological polar surface area (TPSA) is 151 Å². The van der Waals surface area contributed by atoms with E-state index in [4.69, 9.17) is 14.5 Å². The first-order valence-electron chi connectivity index (χ1n) is 10.2. The molecule has 13 heteroatoms. The van der Waals surface area contributed by atoms with Crippen molar-refractivity contribution in [2.45, 2.75) is 50.5 Å². The minimum Gasteiger partial charge on any atom is -0.366 e. The van der Waals surface area contributed by atoms with Crippen LogP contribution in [0.2, 0.25) is 0 Å². The number of carbonyl (C=O) groups is 1. The number of hydrogen-bond donors (Lipinski definition) is 5. The second-order valence-electron chi connectivity index (χ2n) is 7.79. The smallest absolute Gasteiger partial charge is 0.350 e. The molecule has 2 aromatic heterocycles. The average molecular weight is 473 g/mol. The number of nitrogens with one attached hydrogen (secondary N) is 2. The molecule has 2 heterocycles. The number of fused-ring (bicyclic) bond motifs is 1. The van der Waals surface area contributed by atoms with Gasteiger partial charge in [-0.1, -0.05) is 0 Å². The molecule has 172 valence electrons. The van der Waals surface area contributed by atoms with Crippen LogP contribution < -0.4 is 10.6 Å². The summed E-state index contributed by atoms with van der Waals surface area (Å²) in [5, 5.41) is 6.55. The van der Waals surface area contributed by atoms with Gasteiger partial charge in [-0.3, -0.25) is 9.36 Å². The zero-order valence-electron chi connectivity index (χ0n) is 17.3. The average Bonchev–Trinajstić information content (AvgIpc) is 3.13. The van der Waals surface area contributed by atoms with Crippen molar-refractivity contribution in [3.63, 3.8) is 0 Å². The molecule has 0 bridgehead atoms. The van der Waals surface area contributed by atoms with Crippen LogP contribution in [0.4, 0.5) is 5.82 Å². The first kappa shape index (κ1) is 23.9. The summed E-state index contributed by atoms with van der Waals surface area (Å²) < 4.78 is 17.9. The fraction of sp³-hybridized carbons (Fsp3) is 0.667. The van der Waals surface area contributed by atoms with Crippen LogP contribution in [0.1, 0.15) is 32.6 Å². The maximum absolute atomic E-state index is 12.3. The number of amides is 1. The second kappa shape index (κ2) is 10.7. The number of anilines is 1. The third-order valence-electron chi connectivity index (χ3n) is 5.17. The number of rotatable bonds is 10. The van der Waals surface area contributed by atoms with E-state index in [-0.39, 0.29) is 11.8 Å². The maximum Gasteiger partial charge on any atom is 0.350 e. The molecule has 0 aliphatic heterocycles. The number of imidazole rings is 1. The van der Waals surface area contributed by atoms with Crippen molar-refractivity contribution in [2.75, 3.05) is 24.8 Å². The van der Waals surface area contributed by atoms with Gasteiger partial charge < -0.3 is 29.7 Å². The van der Waals surface area contributed by atoms with Crippen LogP contribution in [0.3, 0.4) is 0 Å². The summed E-state index contributed by atoms with van der Waals surface area (Å²) in [6.07, 6.45) is 5.64.